The number of nitrogens with zero attached hydrogens (tertiary/aromatic N) is 1. The minimum atomic E-state index is -1.09. The van der Waals surface area contributed by atoms with Gasteiger partial charge < -0.3 is 25.7 Å². The molecule has 0 radical (unpaired) electrons. The third-order valence-electron chi connectivity index (χ3n) is 5.78. The lowest BCUT2D eigenvalue weighted by Crippen LogP contribution is -2.60. The zero-order valence-corrected chi connectivity index (χ0v) is 21.1. The van der Waals surface area contributed by atoms with Crippen molar-refractivity contribution in [2.75, 3.05) is 24.3 Å². The lowest BCUT2D eigenvalue weighted by molar-refractivity contribution is -0.146. The van der Waals surface area contributed by atoms with Crippen molar-refractivity contribution in [1.29, 1.82) is 0 Å². The Morgan fingerprint density at radius 1 is 1.24 bits per heavy atom. The number of aliphatic hydroxyl groups excluding tert-OH is 1. The number of hydrogen-bond acceptors (Lipinski definition) is 7. The van der Waals surface area contributed by atoms with Crippen LogP contribution < -0.4 is 10.6 Å². The van der Waals surface area contributed by atoms with Gasteiger partial charge in [-0.2, -0.15) is 24.4 Å². The van der Waals surface area contributed by atoms with Gasteiger partial charge in [0.25, 0.3) is 0 Å². The Balaban J connectivity index is 2.30. The molecule has 0 aliphatic carbocycles. The van der Waals surface area contributed by atoms with Crippen LogP contribution in [-0.2, 0) is 27.3 Å². The maximum absolute atomic E-state index is 13.6. The molecule has 1 aromatic rings. The number of benzene rings is 1. The summed E-state index contributed by atoms with van der Waals surface area (Å²) in [5.74, 6) is -1.03. The molecule has 184 valence electrons. The van der Waals surface area contributed by atoms with Crippen LogP contribution in [0.3, 0.4) is 0 Å². The van der Waals surface area contributed by atoms with E-state index in [1.165, 1.54) is 16.7 Å². The van der Waals surface area contributed by atoms with Gasteiger partial charge >= 0.3 is 5.97 Å². The van der Waals surface area contributed by atoms with E-state index < -0.39 is 36.1 Å². The van der Waals surface area contributed by atoms with Crippen LogP contribution in [0.5, 0.6) is 0 Å². The van der Waals surface area contributed by atoms with Gasteiger partial charge in [0.2, 0.25) is 11.8 Å². The van der Waals surface area contributed by atoms with E-state index in [2.05, 4.69) is 23.3 Å². The molecule has 0 saturated heterocycles. The van der Waals surface area contributed by atoms with Gasteiger partial charge in [0.05, 0.1) is 12.1 Å². The Hall–Kier alpha value is -1.75. The van der Waals surface area contributed by atoms with Gasteiger partial charge in [-0.05, 0) is 35.5 Å². The molecule has 1 unspecified atom stereocenters. The minimum Gasteiger partial charge on any atom is -0.480 e. The molecule has 8 nitrogen and oxygen atoms in total. The van der Waals surface area contributed by atoms with E-state index in [4.69, 9.17) is 0 Å². The first-order chi connectivity index (χ1) is 15.7. The summed E-state index contributed by atoms with van der Waals surface area (Å²) >= 11 is 5.59. The molecule has 0 saturated carbocycles. The lowest BCUT2D eigenvalue weighted by Gasteiger charge is -2.39. The fourth-order valence-electron chi connectivity index (χ4n) is 3.86. The van der Waals surface area contributed by atoms with E-state index in [-0.39, 0.29) is 30.7 Å². The van der Waals surface area contributed by atoms with Crippen molar-refractivity contribution in [3.8, 4) is 0 Å². The molecular formula is C23H35N3O5S2. The normalized spacial score (nSPS) is 18.4. The van der Waals surface area contributed by atoms with Crippen LogP contribution >= 0.6 is 24.4 Å². The summed E-state index contributed by atoms with van der Waals surface area (Å²) in [5.41, 5.74) is 1.93. The van der Waals surface area contributed by atoms with Crippen molar-refractivity contribution in [3.63, 3.8) is 0 Å². The zero-order chi connectivity index (χ0) is 24.5. The Morgan fingerprint density at radius 2 is 1.91 bits per heavy atom. The highest BCUT2D eigenvalue weighted by molar-refractivity contribution is 7.98. The largest absolute Gasteiger partial charge is 0.480 e. The van der Waals surface area contributed by atoms with Crippen molar-refractivity contribution in [3.05, 3.63) is 35.4 Å². The number of amides is 2. The molecule has 2 amide bonds. The van der Waals surface area contributed by atoms with Crippen LogP contribution in [0.2, 0.25) is 0 Å². The van der Waals surface area contributed by atoms with Crippen molar-refractivity contribution in [2.24, 2.45) is 5.92 Å². The molecule has 0 spiro atoms. The smallest absolute Gasteiger partial charge is 0.326 e. The number of nitrogens with one attached hydrogen (secondary N) is 2. The summed E-state index contributed by atoms with van der Waals surface area (Å²) < 4.78 is 0. The molecule has 2 rings (SSSR count). The summed E-state index contributed by atoms with van der Waals surface area (Å²) in [6.07, 6.45) is 1.80. The number of aliphatic hydroxyl groups is 1. The van der Waals surface area contributed by atoms with E-state index >= 15 is 0 Å². The van der Waals surface area contributed by atoms with Crippen molar-refractivity contribution in [2.45, 2.75) is 57.5 Å². The fourth-order valence-corrected chi connectivity index (χ4v) is 4.46. The number of fused-ring (bicyclic) bond motifs is 1. The first kappa shape index (κ1) is 27.5. The quantitative estimate of drug-likeness (QED) is 0.275. The number of carbonyl (C=O) groups excluding carboxylic acids is 2. The van der Waals surface area contributed by atoms with Crippen LogP contribution in [0.25, 0.3) is 0 Å². The Bertz CT molecular complexity index is 823. The second-order valence-electron chi connectivity index (χ2n) is 8.60. The van der Waals surface area contributed by atoms with E-state index in [9.17, 15) is 24.6 Å². The molecule has 0 bridgehead atoms. The molecule has 1 aliphatic heterocycles. The molecule has 1 aromatic carbocycles. The van der Waals surface area contributed by atoms with Gasteiger partial charge in [-0.25, -0.2) is 4.79 Å². The molecule has 0 fully saturated rings. The molecule has 10 heteroatoms. The second-order valence-corrected chi connectivity index (χ2v) is 9.95. The predicted molar refractivity (Wildman–Crippen MR) is 134 cm³/mol. The van der Waals surface area contributed by atoms with Crippen LogP contribution in [0.4, 0.5) is 0 Å². The number of hydrogen-bond donors (Lipinski definition) is 5. The van der Waals surface area contributed by atoms with Crippen LogP contribution in [-0.4, -0.2) is 81.4 Å². The Kier molecular flexibility index (Phi) is 11.0. The monoisotopic (exact) mass is 497 g/mol. The molecular weight excluding hydrogens is 462 g/mol. The van der Waals surface area contributed by atoms with E-state index in [0.29, 0.717) is 18.6 Å². The van der Waals surface area contributed by atoms with Crippen LogP contribution in [0.1, 0.15) is 31.4 Å². The molecule has 1 aliphatic rings. The number of rotatable bonds is 12. The summed E-state index contributed by atoms with van der Waals surface area (Å²) in [6.45, 7) is 4.27. The van der Waals surface area contributed by atoms with Gasteiger partial charge in [0, 0.05) is 25.3 Å². The second kappa shape index (κ2) is 13.2. The first-order valence-electron chi connectivity index (χ1n) is 11.1. The van der Waals surface area contributed by atoms with E-state index in [1.54, 1.807) is 0 Å². The van der Waals surface area contributed by atoms with Gasteiger partial charge in [-0.3, -0.25) is 9.59 Å². The predicted octanol–water partition coefficient (Wildman–Crippen LogP) is 1.17. The third kappa shape index (κ3) is 7.63. The average molecular weight is 498 g/mol. The lowest BCUT2D eigenvalue weighted by atomic mass is 9.91. The highest BCUT2D eigenvalue weighted by atomic mass is 32.2. The number of thiol groups is 1. The zero-order valence-electron chi connectivity index (χ0n) is 19.4. The van der Waals surface area contributed by atoms with Crippen LogP contribution in [0, 0.1) is 5.92 Å². The average Bonchev–Trinajstić information content (AvgIpc) is 2.79. The third-order valence-corrected chi connectivity index (χ3v) is 6.84. The van der Waals surface area contributed by atoms with Gasteiger partial charge in [-0.15, -0.1) is 0 Å². The standard InChI is InChI=1S/C23H35N3O5S2/c1-14(2)20(24-11-17(27)13-32)22(29)26-12-16-7-5-4-6-15(16)10-19(26)21(28)25-18(23(30)31)8-9-33-3/h4-7,14,17-20,24,27,32H,8-13H2,1-3H3,(H,25,28)(H,30,31)/t17-,18-,19?,20-/m0/s1. The van der Waals surface area contributed by atoms with Gasteiger partial charge in [0.15, 0.2) is 0 Å². The molecule has 1 heterocycles. The maximum Gasteiger partial charge on any atom is 0.326 e. The van der Waals surface area contributed by atoms with E-state index in [0.717, 1.165) is 11.1 Å². The highest BCUT2D eigenvalue weighted by Crippen LogP contribution is 2.25. The first-order valence-corrected chi connectivity index (χ1v) is 13.1. The van der Waals surface area contributed by atoms with Crippen molar-refractivity contribution in [1.82, 2.24) is 15.5 Å². The number of carboxylic acid groups (broad SMARTS) is 1. The molecule has 4 N–H and O–H groups in total. The summed E-state index contributed by atoms with van der Waals surface area (Å²) in [5, 5.41) is 25.2. The number of thioether (sulfide) groups is 1. The van der Waals surface area contributed by atoms with Crippen LogP contribution in [0.15, 0.2) is 24.3 Å². The summed E-state index contributed by atoms with van der Waals surface area (Å²) in [6, 6.07) is 5.22. The van der Waals surface area contributed by atoms with E-state index in [1.807, 2.05) is 44.4 Å². The molecule has 0 aromatic heterocycles. The van der Waals surface area contributed by atoms with Gasteiger partial charge in [-0.1, -0.05) is 38.1 Å². The number of carbonyl (C=O) groups is 3. The maximum atomic E-state index is 13.6. The fraction of sp³-hybridized carbons (Fsp3) is 0.609. The Labute approximate surface area is 205 Å². The molecule has 33 heavy (non-hydrogen) atoms. The number of aliphatic carboxylic acids is 1. The molecule has 4 atom stereocenters. The summed E-state index contributed by atoms with van der Waals surface area (Å²) in [7, 11) is 0. The minimum absolute atomic E-state index is 0.0844. The summed E-state index contributed by atoms with van der Waals surface area (Å²) in [4.78, 5) is 40.1. The van der Waals surface area contributed by atoms with Crippen molar-refractivity contribution >= 4 is 42.2 Å². The Morgan fingerprint density at radius 3 is 2.48 bits per heavy atom. The number of carboxylic acids is 1. The SMILES string of the molecule is CSCC[C@H](NC(=O)C1Cc2ccccc2CN1C(=O)[C@@H](NC[C@H](O)CS)C(C)C)C(=O)O. The van der Waals surface area contributed by atoms with Crippen molar-refractivity contribution < 1.29 is 24.6 Å². The topological polar surface area (TPSA) is 119 Å². The van der Waals surface area contributed by atoms with Gasteiger partial charge in [0.1, 0.15) is 12.1 Å². The highest BCUT2D eigenvalue weighted by Gasteiger charge is 2.39.